The van der Waals surface area contributed by atoms with Gasteiger partial charge in [0, 0.05) is 49.6 Å². The maximum atomic E-state index is 6.33. The third kappa shape index (κ3) is 3.83. The molecule has 0 fully saturated rings. The summed E-state index contributed by atoms with van der Waals surface area (Å²) in [6, 6.07) is 48.7. The molecule has 3 aromatic heterocycles. The third-order valence-electron chi connectivity index (χ3n) is 8.47. The first kappa shape index (κ1) is 23.9. The Morgan fingerprint density at radius 1 is 0.442 bits per heavy atom. The van der Waals surface area contributed by atoms with E-state index in [2.05, 4.69) is 103 Å². The van der Waals surface area contributed by atoms with E-state index in [1.807, 2.05) is 42.6 Å². The first-order chi connectivity index (χ1) is 21.3. The van der Waals surface area contributed by atoms with Crippen LogP contribution in [0.4, 0.5) is 0 Å². The lowest BCUT2D eigenvalue weighted by atomic mass is 9.94. The van der Waals surface area contributed by atoms with Crippen LogP contribution in [0.5, 0.6) is 0 Å². The minimum absolute atomic E-state index is 0.886. The molecule has 0 N–H and O–H groups in total. The Bertz CT molecular complexity index is 2500. The molecule has 0 radical (unpaired) electrons. The van der Waals surface area contributed by atoms with Crippen LogP contribution in [-0.4, -0.2) is 9.97 Å². The molecule has 0 saturated carbocycles. The van der Waals surface area contributed by atoms with Crippen molar-refractivity contribution in [2.75, 3.05) is 0 Å². The van der Waals surface area contributed by atoms with Gasteiger partial charge in [-0.15, -0.1) is 0 Å². The van der Waals surface area contributed by atoms with Crippen LogP contribution < -0.4 is 0 Å². The maximum absolute atomic E-state index is 6.33. The highest BCUT2D eigenvalue weighted by Gasteiger charge is 2.18. The molecule has 0 aliphatic rings. The number of nitrogens with zero attached hydrogens (tertiary/aromatic N) is 2. The van der Waals surface area contributed by atoms with Crippen molar-refractivity contribution >= 4 is 54.4 Å². The Hall–Kier alpha value is -5.80. The molecular weight excluding hydrogens is 524 g/mol. The summed E-state index contributed by atoms with van der Waals surface area (Å²) in [7, 11) is 0. The van der Waals surface area contributed by atoms with Gasteiger partial charge in [-0.1, -0.05) is 97.1 Å². The largest absolute Gasteiger partial charge is 0.456 e. The second kappa shape index (κ2) is 9.37. The zero-order chi connectivity index (χ0) is 28.3. The molecule has 3 heterocycles. The van der Waals surface area contributed by atoms with E-state index in [9.17, 15) is 0 Å². The average molecular weight is 549 g/mol. The van der Waals surface area contributed by atoms with Crippen molar-refractivity contribution in [2.24, 2.45) is 0 Å². The molecule has 0 atom stereocenters. The summed E-state index contributed by atoms with van der Waals surface area (Å²) in [4.78, 5) is 10.0. The minimum atomic E-state index is 0.886. The van der Waals surface area contributed by atoms with Gasteiger partial charge < -0.3 is 4.42 Å². The standard InChI is InChI=1S/C40H24N2O/c1-3-9-25(10-4-1)35-23-29-16-15-27(21-30(29)24-41-35)28-17-19-34-33(22-28)38-32(40(42-34)26-11-5-2-6-12-26)18-20-37-39(38)31-13-7-8-14-36(31)43-37/h1-24H. The summed E-state index contributed by atoms with van der Waals surface area (Å²) in [5, 5.41) is 7.93. The number of pyridine rings is 2. The predicted octanol–water partition coefficient (Wildman–Crippen LogP) is 10.8. The molecule has 0 amide bonds. The summed E-state index contributed by atoms with van der Waals surface area (Å²) >= 11 is 0. The van der Waals surface area contributed by atoms with Gasteiger partial charge in [0.1, 0.15) is 11.2 Å². The number of benzene rings is 6. The van der Waals surface area contributed by atoms with Crippen molar-refractivity contribution in [3.8, 4) is 33.6 Å². The number of hydrogen-bond donors (Lipinski definition) is 0. The summed E-state index contributed by atoms with van der Waals surface area (Å²) < 4.78 is 6.33. The number of rotatable bonds is 3. The summed E-state index contributed by atoms with van der Waals surface area (Å²) in [6.45, 7) is 0. The topological polar surface area (TPSA) is 38.9 Å². The van der Waals surface area contributed by atoms with E-state index >= 15 is 0 Å². The van der Waals surface area contributed by atoms with Crippen LogP contribution in [0.3, 0.4) is 0 Å². The molecular formula is C40H24N2O. The number of para-hydroxylation sites is 1. The van der Waals surface area contributed by atoms with Crippen LogP contribution in [0, 0.1) is 0 Å². The van der Waals surface area contributed by atoms with E-state index in [-0.39, 0.29) is 0 Å². The van der Waals surface area contributed by atoms with Crippen LogP contribution in [-0.2, 0) is 0 Å². The van der Waals surface area contributed by atoms with E-state index in [4.69, 9.17) is 14.4 Å². The van der Waals surface area contributed by atoms with E-state index in [1.165, 1.54) is 10.8 Å². The smallest absolute Gasteiger partial charge is 0.136 e. The molecule has 0 unspecified atom stereocenters. The number of fused-ring (bicyclic) bond motifs is 8. The highest BCUT2D eigenvalue weighted by Crippen LogP contribution is 2.42. The van der Waals surface area contributed by atoms with E-state index in [1.54, 1.807) is 0 Å². The SMILES string of the molecule is c1ccc(-c2cc3ccc(-c4ccc5nc(-c6ccccc6)c6ccc7oc8ccccc8c7c6c5c4)cc3cn2)cc1. The van der Waals surface area contributed by atoms with Crippen LogP contribution in [0.2, 0.25) is 0 Å². The zero-order valence-corrected chi connectivity index (χ0v) is 23.2. The number of aromatic nitrogens is 2. The van der Waals surface area contributed by atoms with Crippen LogP contribution in [0.15, 0.2) is 150 Å². The maximum Gasteiger partial charge on any atom is 0.136 e. The first-order valence-corrected chi connectivity index (χ1v) is 14.5. The van der Waals surface area contributed by atoms with Crippen molar-refractivity contribution in [3.63, 3.8) is 0 Å². The van der Waals surface area contributed by atoms with Crippen molar-refractivity contribution in [2.45, 2.75) is 0 Å². The molecule has 0 aliphatic carbocycles. The Kier molecular flexibility index (Phi) is 5.20. The van der Waals surface area contributed by atoms with E-state index in [0.29, 0.717) is 0 Å². The lowest BCUT2D eigenvalue weighted by molar-refractivity contribution is 0.669. The molecule has 3 nitrogen and oxygen atoms in total. The number of furan rings is 1. The third-order valence-corrected chi connectivity index (χ3v) is 8.47. The fourth-order valence-electron chi connectivity index (χ4n) is 6.39. The highest BCUT2D eigenvalue weighted by molar-refractivity contribution is 6.28. The molecule has 6 aromatic carbocycles. The lowest BCUT2D eigenvalue weighted by Crippen LogP contribution is -1.91. The Labute approximate surface area is 247 Å². The molecule has 0 spiro atoms. The van der Waals surface area contributed by atoms with E-state index < -0.39 is 0 Å². The van der Waals surface area contributed by atoms with Gasteiger partial charge in [0.05, 0.1) is 16.9 Å². The van der Waals surface area contributed by atoms with Crippen molar-refractivity contribution in [3.05, 3.63) is 146 Å². The van der Waals surface area contributed by atoms with E-state index in [0.717, 1.165) is 77.3 Å². The molecule has 200 valence electrons. The van der Waals surface area contributed by atoms with Gasteiger partial charge in [0.15, 0.2) is 0 Å². The summed E-state index contributed by atoms with van der Waals surface area (Å²) in [5.41, 5.74) is 9.21. The molecule has 0 saturated heterocycles. The number of hydrogen-bond acceptors (Lipinski definition) is 3. The Balaban J connectivity index is 1.29. The quantitative estimate of drug-likeness (QED) is 0.206. The van der Waals surface area contributed by atoms with Crippen molar-refractivity contribution in [1.29, 1.82) is 0 Å². The Morgan fingerprint density at radius 2 is 1.19 bits per heavy atom. The highest BCUT2D eigenvalue weighted by atomic mass is 16.3. The molecule has 9 aromatic rings. The fraction of sp³-hybridized carbons (Fsp3) is 0. The van der Waals surface area contributed by atoms with Gasteiger partial charge >= 0.3 is 0 Å². The summed E-state index contributed by atoms with van der Waals surface area (Å²) in [6.07, 6.45) is 1.98. The molecule has 9 rings (SSSR count). The second-order valence-corrected chi connectivity index (χ2v) is 11.0. The molecule has 3 heteroatoms. The normalized spacial score (nSPS) is 11.7. The van der Waals surface area contributed by atoms with Crippen molar-refractivity contribution in [1.82, 2.24) is 9.97 Å². The van der Waals surface area contributed by atoms with Crippen LogP contribution >= 0.6 is 0 Å². The minimum Gasteiger partial charge on any atom is -0.456 e. The Morgan fingerprint density at radius 3 is 2.05 bits per heavy atom. The van der Waals surface area contributed by atoms with Crippen LogP contribution in [0.25, 0.3) is 88.0 Å². The molecule has 43 heavy (non-hydrogen) atoms. The predicted molar refractivity (Wildman–Crippen MR) is 178 cm³/mol. The van der Waals surface area contributed by atoms with Gasteiger partial charge in [-0.05, 0) is 59.0 Å². The van der Waals surface area contributed by atoms with Crippen molar-refractivity contribution < 1.29 is 4.42 Å². The summed E-state index contributed by atoms with van der Waals surface area (Å²) in [5.74, 6) is 0. The van der Waals surface area contributed by atoms with Gasteiger partial charge in [-0.2, -0.15) is 0 Å². The van der Waals surface area contributed by atoms with Gasteiger partial charge in [0.2, 0.25) is 0 Å². The monoisotopic (exact) mass is 548 g/mol. The van der Waals surface area contributed by atoms with Gasteiger partial charge in [0.25, 0.3) is 0 Å². The zero-order valence-electron chi connectivity index (χ0n) is 23.2. The van der Waals surface area contributed by atoms with Gasteiger partial charge in [-0.3, -0.25) is 4.98 Å². The fourth-order valence-corrected chi connectivity index (χ4v) is 6.39. The van der Waals surface area contributed by atoms with Gasteiger partial charge in [-0.25, -0.2) is 4.98 Å². The van der Waals surface area contributed by atoms with Crippen LogP contribution in [0.1, 0.15) is 0 Å². The molecule has 0 aliphatic heterocycles. The first-order valence-electron chi connectivity index (χ1n) is 14.5. The average Bonchev–Trinajstić information content (AvgIpc) is 3.47. The second-order valence-electron chi connectivity index (χ2n) is 11.0. The lowest BCUT2D eigenvalue weighted by Gasteiger charge is -2.13. The molecule has 0 bridgehead atoms.